The molecule has 0 radical (unpaired) electrons. The Bertz CT molecular complexity index is 107. The van der Waals surface area contributed by atoms with Crippen molar-refractivity contribution in [3.05, 3.63) is 0 Å². The molecule has 0 spiro atoms. The summed E-state index contributed by atoms with van der Waals surface area (Å²) in [6.07, 6.45) is 0. The zero-order chi connectivity index (χ0) is 9.07. The van der Waals surface area contributed by atoms with Crippen LogP contribution in [0, 0.1) is 5.92 Å². The molecule has 0 aliphatic heterocycles. The molecule has 0 aromatic rings. The molecule has 68 valence electrons. The third kappa shape index (κ3) is 5.18. The first-order valence-corrected chi connectivity index (χ1v) is 3.86. The van der Waals surface area contributed by atoms with Gasteiger partial charge in [-0.1, -0.05) is 6.92 Å². The largest absolute Gasteiger partial charge is 0.390 e. The molecule has 0 saturated heterocycles. The van der Waals surface area contributed by atoms with Crippen LogP contribution in [0.2, 0.25) is 0 Å². The maximum Gasteiger partial charge on any atom is 0.0737 e. The van der Waals surface area contributed by atoms with E-state index in [0.29, 0.717) is 6.61 Å². The number of hydroxylamine groups is 2. The number of aliphatic hydroxyl groups is 1. The van der Waals surface area contributed by atoms with Crippen LogP contribution in [-0.2, 0) is 4.84 Å². The van der Waals surface area contributed by atoms with Crippen molar-refractivity contribution < 1.29 is 9.94 Å². The highest BCUT2D eigenvalue weighted by molar-refractivity contribution is 4.72. The second kappa shape index (κ2) is 4.04. The summed E-state index contributed by atoms with van der Waals surface area (Å²) in [5, 5.41) is 11.1. The van der Waals surface area contributed by atoms with E-state index in [1.807, 2.05) is 21.0 Å². The average Bonchev–Trinajstić information content (AvgIpc) is 1.80. The van der Waals surface area contributed by atoms with E-state index in [9.17, 15) is 5.11 Å². The van der Waals surface area contributed by atoms with Crippen molar-refractivity contribution in [1.29, 1.82) is 0 Å². The SMILES string of the molecule is C[C@@H](CON(C)C)C(C)(C)O. The lowest BCUT2D eigenvalue weighted by atomic mass is 9.94. The Hall–Kier alpha value is -0.120. The van der Waals surface area contributed by atoms with Gasteiger partial charge in [0.25, 0.3) is 0 Å². The summed E-state index contributed by atoms with van der Waals surface area (Å²) in [4.78, 5) is 5.20. The zero-order valence-electron chi connectivity index (χ0n) is 8.09. The van der Waals surface area contributed by atoms with Crippen LogP contribution in [0.3, 0.4) is 0 Å². The fraction of sp³-hybridized carbons (Fsp3) is 1.00. The van der Waals surface area contributed by atoms with Gasteiger partial charge in [0.1, 0.15) is 0 Å². The van der Waals surface area contributed by atoms with Crippen molar-refractivity contribution in [2.45, 2.75) is 26.4 Å². The number of nitrogens with zero attached hydrogens (tertiary/aromatic N) is 1. The van der Waals surface area contributed by atoms with E-state index in [4.69, 9.17) is 4.84 Å². The van der Waals surface area contributed by atoms with Gasteiger partial charge >= 0.3 is 0 Å². The van der Waals surface area contributed by atoms with Gasteiger partial charge in [-0.15, -0.1) is 0 Å². The van der Waals surface area contributed by atoms with Crippen LogP contribution >= 0.6 is 0 Å². The monoisotopic (exact) mass is 161 g/mol. The van der Waals surface area contributed by atoms with Crippen LogP contribution in [-0.4, -0.2) is 36.5 Å². The summed E-state index contributed by atoms with van der Waals surface area (Å²) in [5.74, 6) is 0.143. The lowest BCUT2D eigenvalue weighted by molar-refractivity contribution is -0.150. The van der Waals surface area contributed by atoms with E-state index >= 15 is 0 Å². The summed E-state index contributed by atoms with van der Waals surface area (Å²) in [7, 11) is 3.66. The highest BCUT2D eigenvalue weighted by Gasteiger charge is 2.22. The summed E-state index contributed by atoms with van der Waals surface area (Å²) in [6, 6.07) is 0. The molecule has 0 aromatic carbocycles. The third-order valence-corrected chi connectivity index (χ3v) is 1.79. The highest BCUT2D eigenvalue weighted by Crippen LogP contribution is 2.15. The third-order valence-electron chi connectivity index (χ3n) is 1.79. The quantitative estimate of drug-likeness (QED) is 0.621. The molecule has 0 rings (SSSR count). The Balaban J connectivity index is 3.61. The van der Waals surface area contributed by atoms with Gasteiger partial charge in [-0.25, -0.2) is 0 Å². The molecule has 0 heterocycles. The van der Waals surface area contributed by atoms with E-state index < -0.39 is 5.60 Å². The lowest BCUT2D eigenvalue weighted by Crippen LogP contribution is -2.33. The van der Waals surface area contributed by atoms with E-state index in [2.05, 4.69) is 0 Å². The van der Waals surface area contributed by atoms with Gasteiger partial charge in [0.15, 0.2) is 0 Å². The molecule has 0 unspecified atom stereocenters. The predicted octanol–water partition coefficient (Wildman–Crippen LogP) is 0.887. The van der Waals surface area contributed by atoms with Crippen molar-refractivity contribution >= 4 is 0 Å². The zero-order valence-corrected chi connectivity index (χ0v) is 8.09. The Morgan fingerprint density at radius 3 is 2.18 bits per heavy atom. The maximum atomic E-state index is 9.50. The first-order valence-electron chi connectivity index (χ1n) is 3.86. The van der Waals surface area contributed by atoms with Crippen molar-refractivity contribution in [1.82, 2.24) is 5.06 Å². The summed E-state index contributed by atoms with van der Waals surface area (Å²) in [5.41, 5.74) is -0.657. The van der Waals surface area contributed by atoms with Gasteiger partial charge in [0, 0.05) is 20.0 Å². The number of hydrogen-bond donors (Lipinski definition) is 1. The second-order valence-electron chi connectivity index (χ2n) is 3.66. The highest BCUT2D eigenvalue weighted by atomic mass is 16.7. The summed E-state index contributed by atoms with van der Waals surface area (Å²) in [6.45, 7) is 6.09. The standard InChI is InChI=1S/C8H19NO2/c1-7(8(2,3)10)6-11-9(4)5/h7,10H,6H2,1-5H3/t7-/m0/s1. The molecular formula is C8H19NO2. The first-order chi connectivity index (χ1) is 4.84. The average molecular weight is 161 g/mol. The van der Waals surface area contributed by atoms with Crippen LogP contribution in [0.4, 0.5) is 0 Å². The minimum absolute atomic E-state index is 0.143. The van der Waals surface area contributed by atoms with Crippen LogP contribution in [0.15, 0.2) is 0 Å². The number of hydrogen-bond acceptors (Lipinski definition) is 3. The van der Waals surface area contributed by atoms with Gasteiger partial charge in [-0.05, 0) is 13.8 Å². The Morgan fingerprint density at radius 2 is 1.91 bits per heavy atom. The van der Waals surface area contributed by atoms with Crippen molar-refractivity contribution in [2.75, 3.05) is 20.7 Å². The van der Waals surface area contributed by atoms with Crippen LogP contribution in [0.25, 0.3) is 0 Å². The molecular weight excluding hydrogens is 142 g/mol. The predicted molar refractivity (Wildman–Crippen MR) is 45.1 cm³/mol. The van der Waals surface area contributed by atoms with Gasteiger partial charge in [-0.2, -0.15) is 5.06 Å². The fourth-order valence-electron chi connectivity index (χ4n) is 0.465. The molecule has 1 atom stereocenters. The minimum Gasteiger partial charge on any atom is -0.390 e. The normalized spacial score (nSPS) is 15.5. The van der Waals surface area contributed by atoms with E-state index in [1.165, 1.54) is 0 Å². The molecule has 3 heteroatoms. The van der Waals surface area contributed by atoms with E-state index in [0.717, 1.165) is 0 Å². The Kier molecular flexibility index (Phi) is 4.00. The smallest absolute Gasteiger partial charge is 0.0737 e. The molecule has 0 saturated carbocycles. The van der Waals surface area contributed by atoms with E-state index in [1.54, 1.807) is 18.9 Å². The Morgan fingerprint density at radius 1 is 1.45 bits per heavy atom. The van der Waals surface area contributed by atoms with Crippen molar-refractivity contribution in [3.8, 4) is 0 Å². The molecule has 0 fully saturated rings. The maximum absolute atomic E-state index is 9.50. The van der Waals surface area contributed by atoms with Gasteiger partial charge < -0.3 is 5.11 Å². The van der Waals surface area contributed by atoms with Gasteiger partial charge in [0.2, 0.25) is 0 Å². The number of rotatable bonds is 4. The molecule has 0 aliphatic rings. The molecule has 0 aliphatic carbocycles. The minimum atomic E-state index is -0.657. The fourth-order valence-corrected chi connectivity index (χ4v) is 0.465. The van der Waals surface area contributed by atoms with Crippen molar-refractivity contribution in [2.24, 2.45) is 5.92 Å². The van der Waals surface area contributed by atoms with Gasteiger partial charge in [-0.3, -0.25) is 4.84 Å². The van der Waals surface area contributed by atoms with Gasteiger partial charge in [0.05, 0.1) is 12.2 Å². The molecule has 0 bridgehead atoms. The van der Waals surface area contributed by atoms with E-state index in [-0.39, 0.29) is 5.92 Å². The topological polar surface area (TPSA) is 32.7 Å². The lowest BCUT2D eigenvalue weighted by Gasteiger charge is -2.26. The summed E-state index contributed by atoms with van der Waals surface area (Å²) < 4.78 is 0. The summed E-state index contributed by atoms with van der Waals surface area (Å²) >= 11 is 0. The van der Waals surface area contributed by atoms with Crippen molar-refractivity contribution in [3.63, 3.8) is 0 Å². The molecule has 0 aromatic heterocycles. The second-order valence-corrected chi connectivity index (χ2v) is 3.66. The first kappa shape index (κ1) is 10.9. The van der Waals surface area contributed by atoms with Crippen LogP contribution < -0.4 is 0 Å². The molecule has 3 nitrogen and oxygen atoms in total. The molecule has 11 heavy (non-hydrogen) atoms. The van der Waals surface area contributed by atoms with Crippen LogP contribution in [0.5, 0.6) is 0 Å². The molecule has 0 amide bonds. The molecule has 1 N–H and O–H groups in total. The Labute approximate surface area is 68.9 Å². The van der Waals surface area contributed by atoms with Crippen LogP contribution in [0.1, 0.15) is 20.8 Å².